The zero-order valence-electron chi connectivity index (χ0n) is 12.9. The van der Waals surface area contributed by atoms with Crippen LogP contribution < -0.4 is 0 Å². The largest absolute Gasteiger partial charge is 0.336 e. The number of hydrogen-bond acceptors (Lipinski definition) is 2. The van der Waals surface area contributed by atoms with E-state index < -0.39 is 0 Å². The van der Waals surface area contributed by atoms with Gasteiger partial charge in [0.25, 0.3) is 0 Å². The fourth-order valence-electron chi connectivity index (χ4n) is 3.14. The van der Waals surface area contributed by atoms with Gasteiger partial charge in [0.2, 0.25) is 5.91 Å². The normalized spacial score (nSPS) is 17.0. The van der Waals surface area contributed by atoms with E-state index in [1.165, 1.54) is 0 Å². The van der Waals surface area contributed by atoms with E-state index in [1.54, 1.807) is 12.3 Å². The van der Waals surface area contributed by atoms with E-state index in [0.717, 1.165) is 23.1 Å². The standard InChI is InChI=1S/C18H18Cl2N2O/c1-12-16-9-14(19)10-17(20)15(16)6-8-22(12)18(23)5-4-13-3-2-7-21-11-13/h2-3,7,9-12H,4-6,8H2,1H3/t12-/m0/s1. The van der Waals surface area contributed by atoms with Gasteiger partial charge in [-0.15, -0.1) is 0 Å². The molecule has 120 valence electrons. The molecule has 0 aliphatic carbocycles. The first-order valence-electron chi connectivity index (χ1n) is 7.72. The van der Waals surface area contributed by atoms with Gasteiger partial charge in [-0.2, -0.15) is 0 Å². The summed E-state index contributed by atoms with van der Waals surface area (Å²) < 4.78 is 0. The molecule has 0 unspecified atom stereocenters. The van der Waals surface area contributed by atoms with E-state index in [1.807, 2.05) is 36.2 Å². The van der Waals surface area contributed by atoms with E-state index >= 15 is 0 Å². The Morgan fingerprint density at radius 2 is 2.22 bits per heavy atom. The van der Waals surface area contributed by atoms with Gasteiger partial charge in [0.15, 0.2) is 0 Å². The van der Waals surface area contributed by atoms with Crippen LogP contribution in [0.5, 0.6) is 0 Å². The second-order valence-electron chi connectivity index (χ2n) is 5.83. The Labute approximate surface area is 146 Å². The highest BCUT2D eigenvalue weighted by Gasteiger charge is 2.28. The Balaban J connectivity index is 1.73. The minimum Gasteiger partial charge on any atom is -0.336 e. The lowest BCUT2D eigenvalue weighted by Gasteiger charge is -2.36. The van der Waals surface area contributed by atoms with Crippen molar-refractivity contribution in [1.82, 2.24) is 9.88 Å². The first-order chi connectivity index (χ1) is 11.1. The van der Waals surface area contributed by atoms with E-state index in [2.05, 4.69) is 4.98 Å². The van der Waals surface area contributed by atoms with Crippen molar-refractivity contribution in [2.24, 2.45) is 0 Å². The smallest absolute Gasteiger partial charge is 0.223 e. The van der Waals surface area contributed by atoms with Crippen LogP contribution in [0.2, 0.25) is 10.0 Å². The Bertz CT molecular complexity index is 718. The maximum atomic E-state index is 12.6. The number of hydrogen-bond donors (Lipinski definition) is 0. The molecule has 3 nitrogen and oxygen atoms in total. The monoisotopic (exact) mass is 348 g/mol. The molecule has 1 aromatic heterocycles. The van der Waals surface area contributed by atoms with Gasteiger partial charge in [0, 0.05) is 35.4 Å². The summed E-state index contributed by atoms with van der Waals surface area (Å²) >= 11 is 12.4. The quantitative estimate of drug-likeness (QED) is 0.819. The summed E-state index contributed by atoms with van der Waals surface area (Å²) in [6, 6.07) is 7.58. The second kappa shape index (κ2) is 6.90. The van der Waals surface area contributed by atoms with Crippen molar-refractivity contribution in [1.29, 1.82) is 0 Å². The van der Waals surface area contributed by atoms with Crippen LogP contribution in [0.15, 0.2) is 36.7 Å². The molecule has 1 aromatic carbocycles. The molecular formula is C18H18Cl2N2O. The number of fused-ring (bicyclic) bond motifs is 1. The van der Waals surface area contributed by atoms with Crippen LogP contribution >= 0.6 is 23.2 Å². The van der Waals surface area contributed by atoms with Crippen molar-refractivity contribution in [3.8, 4) is 0 Å². The third-order valence-electron chi connectivity index (χ3n) is 4.39. The lowest BCUT2D eigenvalue weighted by molar-refractivity contribution is -0.133. The van der Waals surface area contributed by atoms with Crippen molar-refractivity contribution in [2.75, 3.05) is 6.54 Å². The number of benzene rings is 1. The Hall–Kier alpha value is -1.58. The van der Waals surface area contributed by atoms with Crippen LogP contribution in [0, 0.1) is 0 Å². The van der Waals surface area contributed by atoms with Gasteiger partial charge in [-0.3, -0.25) is 9.78 Å². The molecule has 2 aromatic rings. The molecule has 0 saturated carbocycles. The van der Waals surface area contributed by atoms with Crippen molar-refractivity contribution >= 4 is 29.1 Å². The van der Waals surface area contributed by atoms with E-state index in [-0.39, 0.29) is 11.9 Å². The number of rotatable bonds is 3. The molecule has 1 atom stereocenters. The fraction of sp³-hybridized carbons (Fsp3) is 0.333. The topological polar surface area (TPSA) is 33.2 Å². The summed E-state index contributed by atoms with van der Waals surface area (Å²) in [5.41, 5.74) is 3.25. The molecular weight excluding hydrogens is 331 g/mol. The average Bonchev–Trinajstić information content (AvgIpc) is 2.54. The molecule has 3 rings (SSSR count). The number of nitrogens with zero attached hydrogens (tertiary/aromatic N) is 2. The zero-order valence-corrected chi connectivity index (χ0v) is 14.4. The highest BCUT2D eigenvalue weighted by atomic mass is 35.5. The van der Waals surface area contributed by atoms with Gasteiger partial charge in [0.05, 0.1) is 6.04 Å². The van der Waals surface area contributed by atoms with Crippen molar-refractivity contribution in [2.45, 2.75) is 32.2 Å². The molecule has 0 saturated heterocycles. The number of amides is 1. The maximum absolute atomic E-state index is 12.6. The highest BCUT2D eigenvalue weighted by molar-refractivity contribution is 6.35. The van der Waals surface area contributed by atoms with Crippen LogP contribution in [0.25, 0.3) is 0 Å². The van der Waals surface area contributed by atoms with Crippen molar-refractivity contribution < 1.29 is 4.79 Å². The van der Waals surface area contributed by atoms with Gasteiger partial charge in [-0.1, -0.05) is 29.3 Å². The Morgan fingerprint density at radius 1 is 1.39 bits per heavy atom. The summed E-state index contributed by atoms with van der Waals surface area (Å²) in [5, 5.41) is 1.31. The maximum Gasteiger partial charge on any atom is 0.223 e. The van der Waals surface area contributed by atoms with Crippen molar-refractivity contribution in [3.63, 3.8) is 0 Å². The SMILES string of the molecule is C[C@H]1c2cc(Cl)cc(Cl)c2CCN1C(=O)CCc1cccnc1. The van der Waals surface area contributed by atoms with Crippen LogP contribution in [0.1, 0.15) is 36.1 Å². The number of carbonyl (C=O) groups excluding carboxylic acids is 1. The molecule has 1 aliphatic heterocycles. The Kier molecular flexibility index (Phi) is 4.88. The van der Waals surface area contributed by atoms with Crippen LogP contribution in [-0.2, 0) is 17.6 Å². The van der Waals surface area contributed by atoms with Gasteiger partial charge in [-0.05, 0) is 54.7 Å². The molecule has 1 amide bonds. The molecule has 0 spiro atoms. The Morgan fingerprint density at radius 3 is 2.96 bits per heavy atom. The first-order valence-corrected chi connectivity index (χ1v) is 8.48. The molecule has 0 fully saturated rings. The summed E-state index contributed by atoms with van der Waals surface area (Å²) in [4.78, 5) is 18.6. The molecule has 1 aliphatic rings. The zero-order chi connectivity index (χ0) is 16.4. The summed E-state index contributed by atoms with van der Waals surface area (Å²) in [6.07, 6.45) is 5.51. The fourth-order valence-corrected chi connectivity index (χ4v) is 3.74. The first kappa shape index (κ1) is 16.3. The minimum absolute atomic E-state index is 0.00338. The molecule has 0 N–H and O–H groups in total. The number of halogens is 2. The average molecular weight is 349 g/mol. The molecule has 23 heavy (non-hydrogen) atoms. The number of pyridine rings is 1. The molecule has 2 heterocycles. The number of aromatic nitrogens is 1. The summed E-state index contributed by atoms with van der Waals surface area (Å²) in [5.74, 6) is 0.156. The van der Waals surface area contributed by atoms with E-state index in [9.17, 15) is 4.79 Å². The lowest BCUT2D eigenvalue weighted by Crippen LogP contribution is -2.39. The van der Waals surface area contributed by atoms with Crippen LogP contribution in [0.3, 0.4) is 0 Å². The van der Waals surface area contributed by atoms with Gasteiger partial charge in [-0.25, -0.2) is 0 Å². The highest BCUT2D eigenvalue weighted by Crippen LogP contribution is 2.36. The predicted molar refractivity (Wildman–Crippen MR) is 92.9 cm³/mol. The summed E-state index contributed by atoms with van der Waals surface area (Å²) in [7, 11) is 0. The molecule has 0 bridgehead atoms. The third-order valence-corrected chi connectivity index (χ3v) is 4.94. The molecule has 5 heteroatoms. The number of carbonyl (C=O) groups is 1. The van der Waals surface area contributed by atoms with Gasteiger partial charge >= 0.3 is 0 Å². The number of aryl methyl sites for hydroxylation is 1. The van der Waals surface area contributed by atoms with E-state index in [0.29, 0.717) is 29.4 Å². The predicted octanol–water partition coefficient (Wildman–Crippen LogP) is 4.47. The van der Waals surface area contributed by atoms with E-state index in [4.69, 9.17) is 23.2 Å². The second-order valence-corrected chi connectivity index (χ2v) is 6.67. The summed E-state index contributed by atoms with van der Waals surface area (Å²) in [6.45, 7) is 2.73. The molecule has 0 radical (unpaired) electrons. The minimum atomic E-state index is -0.00338. The van der Waals surface area contributed by atoms with Crippen LogP contribution in [-0.4, -0.2) is 22.3 Å². The lowest BCUT2D eigenvalue weighted by atomic mass is 9.93. The van der Waals surface area contributed by atoms with Crippen LogP contribution in [0.4, 0.5) is 0 Å². The van der Waals surface area contributed by atoms with Gasteiger partial charge in [0.1, 0.15) is 0 Å². The van der Waals surface area contributed by atoms with Crippen molar-refractivity contribution in [3.05, 3.63) is 63.4 Å². The third kappa shape index (κ3) is 3.51. The van der Waals surface area contributed by atoms with Gasteiger partial charge < -0.3 is 4.90 Å².